The van der Waals surface area contributed by atoms with E-state index in [-0.39, 0.29) is 0 Å². The van der Waals surface area contributed by atoms with Crippen LogP contribution in [0.1, 0.15) is 6.42 Å². The Bertz CT molecular complexity index is 79.4. The molecule has 0 saturated heterocycles. The summed E-state index contributed by atoms with van der Waals surface area (Å²) in [5, 5.41) is 0. The van der Waals surface area contributed by atoms with Gasteiger partial charge in [0.25, 0.3) is 7.63 Å². The topological polar surface area (TPSA) is 35.2 Å². The van der Waals surface area contributed by atoms with Crippen molar-refractivity contribution < 1.29 is 4.43 Å². The van der Waals surface area contributed by atoms with E-state index in [0.29, 0.717) is 6.54 Å². The number of hydrogen-bond donors (Lipinski definition) is 1. The maximum atomic E-state index is 5.96. The lowest BCUT2D eigenvalue weighted by Gasteiger charge is -2.15. The molecule has 0 aromatic heterocycles. The zero-order valence-electron chi connectivity index (χ0n) is 5.98. The van der Waals surface area contributed by atoms with E-state index in [1.807, 2.05) is 6.55 Å². The molecule has 56 valence electrons. The summed E-state index contributed by atoms with van der Waals surface area (Å²) in [5.74, 6) is 0. The Hall–Kier alpha value is 0.427. The van der Waals surface area contributed by atoms with Crippen LogP contribution in [-0.4, -0.2) is 21.3 Å². The first-order valence-electron chi connectivity index (χ1n) is 3.06. The van der Waals surface area contributed by atoms with Gasteiger partial charge in [0.05, 0.1) is 0 Å². The number of hydrogen-bond acceptors (Lipinski definition) is 2. The molecule has 0 aliphatic heterocycles. The fourth-order valence-corrected chi connectivity index (χ4v) is 1.96. The standard InChI is InChI=1S/C5H14ClNOSi/c1-8-9(2,6)5-3-4-7/h3-5,7H2,1-2H3. The molecule has 4 heteroatoms. The van der Waals surface area contributed by atoms with Crippen LogP contribution in [0.25, 0.3) is 0 Å². The van der Waals surface area contributed by atoms with Crippen LogP contribution in [0.4, 0.5) is 0 Å². The average Bonchev–Trinajstić information content (AvgIpc) is 1.84. The zero-order valence-corrected chi connectivity index (χ0v) is 7.74. The van der Waals surface area contributed by atoms with Crippen LogP contribution < -0.4 is 5.73 Å². The summed E-state index contributed by atoms with van der Waals surface area (Å²) in [6.07, 6.45) is 0.972. The van der Waals surface area contributed by atoms with Crippen molar-refractivity contribution in [2.24, 2.45) is 5.73 Å². The van der Waals surface area contributed by atoms with Gasteiger partial charge in [-0.25, -0.2) is 0 Å². The summed E-state index contributed by atoms with van der Waals surface area (Å²) in [4.78, 5) is 0. The van der Waals surface area contributed by atoms with Gasteiger partial charge in [-0.15, -0.1) is 11.1 Å². The minimum atomic E-state index is -1.81. The van der Waals surface area contributed by atoms with E-state index in [4.69, 9.17) is 21.2 Å². The van der Waals surface area contributed by atoms with Crippen molar-refractivity contribution in [2.45, 2.75) is 19.0 Å². The van der Waals surface area contributed by atoms with Crippen LogP contribution in [0, 0.1) is 0 Å². The highest BCUT2D eigenvalue weighted by molar-refractivity contribution is 7.16. The van der Waals surface area contributed by atoms with E-state index >= 15 is 0 Å². The lowest BCUT2D eigenvalue weighted by atomic mass is 10.5. The highest BCUT2D eigenvalue weighted by Crippen LogP contribution is 2.16. The van der Waals surface area contributed by atoms with Crippen molar-refractivity contribution in [1.82, 2.24) is 0 Å². The second kappa shape index (κ2) is 4.28. The highest BCUT2D eigenvalue weighted by Gasteiger charge is 2.22. The van der Waals surface area contributed by atoms with Gasteiger partial charge in [-0.05, 0) is 25.6 Å². The second-order valence-corrected chi connectivity index (χ2v) is 7.71. The fourth-order valence-electron chi connectivity index (χ4n) is 0.520. The van der Waals surface area contributed by atoms with E-state index in [9.17, 15) is 0 Å². The summed E-state index contributed by atoms with van der Waals surface area (Å²) < 4.78 is 5.09. The lowest BCUT2D eigenvalue weighted by Crippen LogP contribution is -2.25. The third-order valence-electron chi connectivity index (χ3n) is 1.25. The molecule has 0 fully saturated rings. The molecule has 0 heterocycles. The molecular formula is C5H14ClNOSi. The van der Waals surface area contributed by atoms with Gasteiger partial charge >= 0.3 is 0 Å². The molecule has 0 rings (SSSR count). The highest BCUT2D eigenvalue weighted by atomic mass is 35.6. The third kappa shape index (κ3) is 4.90. The molecule has 2 N–H and O–H groups in total. The van der Waals surface area contributed by atoms with Crippen LogP contribution in [0.2, 0.25) is 12.6 Å². The molecule has 2 nitrogen and oxygen atoms in total. The van der Waals surface area contributed by atoms with E-state index < -0.39 is 7.63 Å². The first-order valence-corrected chi connectivity index (χ1v) is 6.69. The molecule has 0 bridgehead atoms. The van der Waals surface area contributed by atoms with E-state index in [1.165, 1.54) is 0 Å². The van der Waals surface area contributed by atoms with E-state index in [0.717, 1.165) is 12.5 Å². The van der Waals surface area contributed by atoms with Gasteiger partial charge in [0, 0.05) is 7.11 Å². The monoisotopic (exact) mass is 167 g/mol. The molecule has 1 atom stereocenters. The molecule has 0 aromatic rings. The van der Waals surface area contributed by atoms with Gasteiger partial charge in [-0.3, -0.25) is 0 Å². The Morgan fingerprint density at radius 1 is 1.67 bits per heavy atom. The molecule has 0 saturated carbocycles. The van der Waals surface area contributed by atoms with Crippen molar-refractivity contribution in [3.8, 4) is 0 Å². The molecule has 9 heavy (non-hydrogen) atoms. The summed E-state index contributed by atoms with van der Waals surface area (Å²) in [6.45, 7) is 2.68. The molecule has 1 unspecified atom stereocenters. The summed E-state index contributed by atoms with van der Waals surface area (Å²) in [5.41, 5.74) is 5.30. The normalized spacial score (nSPS) is 17.3. The number of halogens is 1. The smallest absolute Gasteiger partial charge is 0.286 e. The Kier molecular flexibility index (Phi) is 4.48. The summed E-state index contributed by atoms with van der Waals surface area (Å²) in [6, 6.07) is 0.946. The van der Waals surface area contributed by atoms with Gasteiger partial charge in [0.2, 0.25) is 0 Å². The van der Waals surface area contributed by atoms with Crippen molar-refractivity contribution in [3.05, 3.63) is 0 Å². The molecule has 0 aromatic carbocycles. The van der Waals surface area contributed by atoms with E-state index in [2.05, 4.69) is 0 Å². The van der Waals surface area contributed by atoms with Crippen LogP contribution >= 0.6 is 11.1 Å². The number of rotatable bonds is 4. The van der Waals surface area contributed by atoms with Crippen molar-refractivity contribution in [2.75, 3.05) is 13.7 Å². The first kappa shape index (κ1) is 9.43. The van der Waals surface area contributed by atoms with Crippen molar-refractivity contribution in [3.63, 3.8) is 0 Å². The fraction of sp³-hybridized carbons (Fsp3) is 1.00. The van der Waals surface area contributed by atoms with Gasteiger partial charge in [-0.1, -0.05) is 0 Å². The van der Waals surface area contributed by atoms with Gasteiger partial charge in [-0.2, -0.15) is 0 Å². The maximum absolute atomic E-state index is 5.96. The van der Waals surface area contributed by atoms with Crippen molar-refractivity contribution in [1.29, 1.82) is 0 Å². The Morgan fingerprint density at radius 3 is 2.56 bits per heavy atom. The molecule has 0 spiro atoms. The third-order valence-corrected chi connectivity index (χ3v) is 4.38. The van der Waals surface area contributed by atoms with E-state index in [1.54, 1.807) is 7.11 Å². The lowest BCUT2D eigenvalue weighted by molar-refractivity contribution is 0.414. The van der Waals surface area contributed by atoms with Crippen LogP contribution in [0.15, 0.2) is 0 Å². The first-order chi connectivity index (χ1) is 4.12. The van der Waals surface area contributed by atoms with Gasteiger partial charge in [0.15, 0.2) is 0 Å². The Morgan fingerprint density at radius 2 is 2.22 bits per heavy atom. The van der Waals surface area contributed by atoms with Crippen LogP contribution in [-0.2, 0) is 4.43 Å². The maximum Gasteiger partial charge on any atom is 0.286 e. The second-order valence-electron chi connectivity index (χ2n) is 2.20. The molecule has 0 aliphatic rings. The predicted molar refractivity (Wildman–Crippen MR) is 43.0 cm³/mol. The minimum Gasteiger partial charge on any atom is -0.407 e. The average molecular weight is 168 g/mol. The van der Waals surface area contributed by atoms with Crippen LogP contribution in [0.3, 0.4) is 0 Å². The van der Waals surface area contributed by atoms with Crippen LogP contribution in [0.5, 0.6) is 0 Å². The SMILES string of the molecule is CO[Si](C)(Cl)CCCN. The number of nitrogens with two attached hydrogens (primary N) is 1. The summed E-state index contributed by atoms with van der Waals surface area (Å²) >= 11 is 5.96. The Labute approximate surface area is 62.2 Å². The molecule has 0 amide bonds. The Balaban J connectivity index is 3.33. The predicted octanol–water partition coefficient (Wildman–Crippen LogP) is 1.29. The van der Waals surface area contributed by atoms with Gasteiger partial charge < -0.3 is 10.2 Å². The molecule has 0 aliphatic carbocycles. The van der Waals surface area contributed by atoms with Crippen molar-refractivity contribution >= 4 is 18.7 Å². The molecule has 0 radical (unpaired) electrons. The largest absolute Gasteiger partial charge is 0.407 e. The van der Waals surface area contributed by atoms with Gasteiger partial charge in [0.1, 0.15) is 0 Å². The summed E-state index contributed by atoms with van der Waals surface area (Å²) in [7, 11) is -0.144. The minimum absolute atomic E-state index is 0.707. The molecular weight excluding hydrogens is 154 g/mol. The quantitative estimate of drug-likeness (QED) is 0.506. The zero-order chi connectivity index (χ0) is 7.33.